The predicted octanol–water partition coefficient (Wildman–Crippen LogP) is 2.91. The van der Waals surface area contributed by atoms with Crippen LogP contribution < -0.4 is 16.4 Å². The lowest BCUT2D eigenvalue weighted by Gasteiger charge is -2.20. The Bertz CT molecular complexity index is 1110. The summed E-state index contributed by atoms with van der Waals surface area (Å²) in [6.45, 7) is 7.67. The Morgan fingerprint density at radius 1 is 1.14 bits per heavy atom. The van der Waals surface area contributed by atoms with Crippen molar-refractivity contribution >= 4 is 22.9 Å². The first-order valence-electron chi connectivity index (χ1n) is 9.47. The van der Waals surface area contributed by atoms with Gasteiger partial charge in [-0.3, -0.25) is 4.79 Å². The Labute approximate surface area is 163 Å². The molecule has 4 rings (SSSR count). The molecule has 5 N–H and O–H groups in total. The van der Waals surface area contributed by atoms with Gasteiger partial charge in [-0.15, -0.1) is 5.10 Å². The van der Waals surface area contributed by atoms with E-state index < -0.39 is 5.91 Å². The fourth-order valence-electron chi connectivity index (χ4n) is 4.22. The van der Waals surface area contributed by atoms with E-state index in [1.165, 1.54) is 0 Å². The molecule has 7 nitrogen and oxygen atoms in total. The second-order valence-electron chi connectivity index (χ2n) is 7.55. The van der Waals surface area contributed by atoms with Gasteiger partial charge in [0.1, 0.15) is 5.75 Å². The Morgan fingerprint density at radius 2 is 1.82 bits per heavy atom. The minimum Gasteiger partial charge on any atom is -0.508 e. The summed E-state index contributed by atoms with van der Waals surface area (Å²) >= 11 is 0. The predicted molar refractivity (Wildman–Crippen MR) is 111 cm³/mol. The van der Waals surface area contributed by atoms with Crippen molar-refractivity contribution in [1.82, 2.24) is 9.61 Å². The standard InChI is InChI=1S/C21H25N5O2/c1-11-6-7-15(27)13(3)16(11)19-18(22)17(20(23)28)14-10-12(2)21(24-26(14)19)25-8-4-5-9-25/h6-7,10,27H,4-5,8-9,22H2,1-3H3,(H2,23,28). The third-order valence-corrected chi connectivity index (χ3v) is 5.65. The number of aromatic nitrogens is 2. The van der Waals surface area contributed by atoms with Gasteiger partial charge in [-0.05, 0) is 56.9 Å². The van der Waals surface area contributed by atoms with E-state index in [1.54, 1.807) is 10.6 Å². The number of rotatable bonds is 3. The van der Waals surface area contributed by atoms with Crippen molar-refractivity contribution in [2.24, 2.45) is 5.73 Å². The van der Waals surface area contributed by atoms with Crippen LogP contribution in [-0.4, -0.2) is 33.7 Å². The van der Waals surface area contributed by atoms with Crippen molar-refractivity contribution in [1.29, 1.82) is 0 Å². The molecule has 1 fully saturated rings. The SMILES string of the molecule is Cc1cc2c(C(N)=O)c(N)c(-c3c(C)ccc(O)c3C)n2nc1N1CCCC1. The highest BCUT2D eigenvalue weighted by atomic mass is 16.3. The summed E-state index contributed by atoms with van der Waals surface area (Å²) in [7, 11) is 0. The van der Waals surface area contributed by atoms with Crippen LogP contribution in [0.1, 0.15) is 39.9 Å². The number of carbonyl (C=O) groups is 1. The number of phenols is 1. The monoisotopic (exact) mass is 379 g/mol. The highest BCUT2D eigenvalue weighted by Crippen LogP contribution is 2.40. The van der Waals surface area contributed by atoms with Gasteiger partial charge in [-0.25, -0.2) is 4.52 Å². The highest BCUT2D eigenvalue weighted by molar-refractivity contribution is 6.09. The first-order chi connectivity index (χ1) is 13.3. The van der Waals surface area contributed by atoms with Gasteiger partial charge >= 0.3 is 0 Å². The van der Waals surface area contributed by atoms with Gasteiger partial charge in [0, 0.05) is 24.2 Å². The van der Waals surface area contributed by atoms with Gasteiger partial charge in [0.15, 0.2) is 5.82 Å². The fraction of sp³-hybridized carbons (Fsp3) is 0.333. The molecule has 1 aromatic carbocycles. The second kappa shape index (κ2) is 6.44. The van der Waals surface area contributed by atoms with Crippen molar-refractivity contribution in [2.75, 3.05) is 23.7 Å². The molecule has 0 bridgehead atoms. The van der Waals surface area contributed by atoms with Gasteiger partial charge < -0.3 is 21.5 Å². The largest absolute Gasteiger partial charge is 0.508 e. The van der Waals surface area contributed by atoms with E-state index in [1.807, 2.05) is 32.9 Å². The zero-order valence-corrected chi connectivity index (χ0v) is 16.4. The van der Waals surface area contributed by atoms with E-state index in [0.717, 1.165) is 48.4 Å². The number of aryl methyl sites for hydroxylation is 2. The topological polar surface area (TPSA) is 110 Å². The normalized spacial score (nSPS) is 14.2. The van der Waals surface area contributed by atoms with Crippen molar-refractivity contribution in [3.8, 4) is 17.0 Å². The molecule has 0 unspecified atom stereocenters. The zero-order chi connectivity index (χ0) is 20.2. The highest BCUT2D eigenvalue weighted by Gasteiger charge is 2.27. The van der Waals surface area contributed by atoms with Gasteiger partial charge in [0.2, 0.25) is 0 Å². The molecule has 1 saturated heterocycles. The molecule has 1 aliphatic heterocycles. The summed E-state index contributed by atoms with van der Waals surface area (Å²) in [5.41, 5.74) is 17.2. The maximum Gasteiger partial charge on any atom is 0.253 e. The minimum absolute atomic E-state index is 0.169. The lowest BCUT2D eigenvalue weighted by molar-refractivity contribution is 0.100. The molecule has 3 heterocycles. The van der Waals surface area contributed by atoms with E-state index in [9.17, 15) is 9.90 Å². The Morgan fingerprint density at radius 3 is 2.46 bits per heavy atom. The molecule has 1 amide bonds. The molecule has 0 radical (unpaired) electrons. The van der Waals surface area contributed by atoms with Gasteiger partial charge in [0.25, 0.3) is 5.91 Å². The van der Waals surface area contributed by atoms with E-state index in [0.29, 0.717) is 16.8 Å². The number of nitrogens with two attached hydrogens (primary N) is 2. The third kappa shape index (κ3) is 2.58. The number of carbonyl (C=O) groups excluding carboxylic acids is 1. The van der Waals surface area contributed by atoms with Crippen molar-refractivity contribution < 1.29 is 9.90 Å². The van der Waals surface area contributed by atoms with Gasteiger partial charge in [0.05, 0.1) is 22.5 Å². The molecule has 0 saturated carbocycles. The van der Waals surface area contributed by atoms with E-state index in [4.69, 9.17) is 16.6 Å². The summed E-state index contributed by atoms with van der Waals surface area (Å²) in [4.78, 5) is 14.5. The molecule has 3 aromatic rings. The molecule has 7 heteroatoms. The van der Waals surface area contributed by atoms with Gasteiger partial charge in [-0.2, -0.15) is 0 Å². The van der Waals surface area contributed by atoms with E-state index in [-0.39, 0.29) is 17.0 Å². The number of aromatic hydroxyl groups is 1. The molecular weight excluding hydrogens is 354 g/mol. The quantitative estimate of drug-likeness (QED) is 0.648. The third-order valence-electron chi connectivity index (χ3n) is 5.65. The number of benzene rings is 1. The Hall–Kier alpha value is -3.22. The average molecular weight is 379 g/mol. The first kappa shape index (κ1) is 18.2. The van der Waals surface area contributed by atoms with Crippen LogP contribution in [0.3, 0.4) is 0 Å². The van der Waals surface area contributed by atoms with Crippen LogP contribution in [0.25, 0.3) is 16.8 Å². The number of primary amides is 1. The molecular formula is C21H25N5O2. The van der Waals surface area contributed by atoms with Crippen LogP contribution >= 0.6 is 0 Å². The maximum atomic E-state index is 12.2. The van der Waals surface area contributed by atoms with Crippen molar-refractivity contribution in [3.05, 3.63) is 40.5 Å². The number of nitrogens with zero attached hydrogens (tertiary/aromatic N) is 3. The molecule has 0 spiro atoms. The molecule has 0 aliphatic carbocycles. The number of amides is 1. The van der Waals surface area contributed by atoms with Crippen molar-refractivity contribution in [2.45, 2.75) is 33.6 Å². The minimum atomic E-state index is -0.591. The summed E-state index contributed by atoms with van der Waals surface area (Å²) in [5.74, 6) is 0.460. The molecule has 2 aromatic heterocycles. The van der Waals surface area contributed by atoms with Crippen LogP contribution in [0.15, 0.2) is 18.2 Å². The summed E-state index contributed by atoms with van der Waals surface area (Å²) < 4.78 is 1.71. The van der Waals surface area contributed by atoms with Crippen LogP contribution in [0.5, 0.6) is 5.75 Å². The second-order valence-corrected chi connectivity index (χ2v) is 7.55. The lowest BCUT2D eigenvalue weighted by Crippen LogP contribution is -2.21. The maximum absolute atomic E-state index is 12.2. The zero-order valence-electron chi connectivity index (χ0n) is 16.4. The molecule has 0 atom stereocenters. The summed E-state index contributed by atoms with van der Waals surface area (Å²) in [6.07, 6.45) is 2.27. The number of nitrogen functional groups attached to an aromatic ring is 1. The molecule has 28 heavy (non-hydrogen) atoms. The fourth-order valence-corrected chi connectivity index (χ4v) is 4.22. The number of hydrogen-bond acceptors (Lipinski definition) is 5. The number of hydrogen-bond donors (Lipinski definition) is 3. The van der Waals surface area contributed by atoms with Crippen LogP contribution in [0.4, 0.5) is 11.5 Å². The van der Waals surface area contributed by atoms with E-state index in [2.05, 4.69) is 4.90 Å². The van der Waals surface area contributed by atoms with Crippen molar-refractivity contribution in [3.63, 3.8) is 0 Å². The first-order valence-corrected chi connectivity index (χ1v) is 9.47. The number of fused-ring (bicyclic) bond motifs is 1. The van der Waals surface area contributed by atoms with Crippen LogP contribution in [0, 0.1) is 20.8 Å². The average Bonchev–Trinajstić information content (AvgIpc) is 3.25. The smallest absolute Gasteiger partial charge is 0.253 e. The van der Waals surface area contributed by atoms with E-state index >= 15 is 0 Å². The number of phenolic OH excluding ortho intramolecular Hbond substituents is 1. The molecule has 146 valence electrons. The Balaban J connectivity index is 2.11. The Kier molecular flexibility index (Phi) is 4.18. The summed E-state index contributed by atoms with van der Waals surface area (Å²) in [6, 6.07) is 5.41. The number of anilines is 2. The van der Waals surface area contributed by atoms with Crippen LogP contribution in [-0.2, 0) is 0 Å². The lowest BCUT2D eigenvalue weighted by atomic mass is 9.98. The summed E-state index contributed by atoms with van der Waals surface area (Å²) in [5, 5.41) is 15.1. The molecule has 1 aliphatic rings. The van der Waals surface area contributed by atoms with Crippen LogP contribution in [0.2, 0.25) is 0 Å². The van der Waals surface area contributed by atoms with Gasteiger partial charge in [-0.1, -0.05) is 6.07 Å².